The van der Waals surface area contributed by atoms with Crippen LogP contribution >= 0.6 is 0 Å². The van der Waals surface area contributed by atoms with E-state index in [-0.39, 0.29) is 6.29 Å². The van der Waals surface area contributed by atoms with Crippen molar-refractivity contribution < 1.29 is 0 Å². The summed E-state index contributed by atoms with van der Waals surface area (Å²) in [6, 6.07) is 0. The number of nitrogens with two attached hydrogens (primary N) is 2. The Kier molecular flexibility index (Phi) is 4.08. The smallest absolute Gasteiger partial charge is 0.116 e. The molecule has 0 atom stereocenters. The van der Waals surface area contributed by atoms with E-state index in [1.165, 1.54) is 0 Å². The number of hydrogen-bond donors (Lipinski definition) is 2. The summed E-state index contributed by atoms with van der Waals surface area (Å²) >= 11 is 0. The quantitative estimate of drug-likeness (QED) is 0.573. The molecule has 13 heavy (non-hydrogen) atoms. The van der Waals surface area contributed by atoms with Crippen molar-refractivity contribution in [2.45, 2.75) is 12.7 Å². The van der Waals surface area contributed by atoms with E-state index >= 15 is 0 Å². The Morgan fingerprint density at radius 3 is 2.23 bits per heavy atom. The largest absolute Gasteiger partial charge is 0.330 e. The molecule has 5 nitrogen and oxygen atoms in total. The molecule has 1 saturated heterocycles. The molecule has 0 aromatic heterocycles. The number of rotatable bonds is 3. The standard InChI is InChI=1S/C8H21N5/c1-11-6-13(5-3-4-9)7-12(2)8(11)10/h8H,3-7,9-10H2,1-2H3. The summed E-state index contributed by atoms with van der Waals surface area (Å²) in [6.45, 7) is 3.69. The summed E-state index contributed by atoms with van der Waals surface area (Å²) in [7, 11) is 4.07. The van der Waals surface area contributed by atoms with Gasteiger partial charge in [-0.3, -0.25) is 14.7 Å². The van der Waals surface area contributed by atoms with Crippen LogP contribution in [0.3, 0.4) is 0 Å². The zero-order valence-corrected chi connectivity index (χ0v) is 8.61. The Morgan fingerprint density at radius 2 is 1.77 bits per heavy atom. The van der Waals surface area contributed by atoms with Crippen molar-refractivity contribution in [2.24, 2.45) is 11.5 Å². The van der Waals surface area contributed by atoms with Crippen LogP contribution in [0.2, 0.25) is 0 Å². The van der Waals surface area contributed by atoms with Gasteiger partial charge in [-0.2, -0.15) is 0 Å². The van der Waals surface area contributed by atoms with Gasteiger partial charge >= 0.3 is 0 Å². The first-order valence-corrected chi connectivity index (χ1v) is 4.73. The average Bonchev–Trinajstić information content (AvgIpc) is 2.10. The molecule has 0 amide bonds. The van der Waals surface area contributed by atoms with Gasteiger partial charge in [0.15, 0.2) is 0 Å². The minimum absolute atomic E-state index is 0.0501. The van der Waals surface area contributed by atoms with Gasteiger partial charge in [-0.05, 0) is 27.1 Å². The summed E-state index contributed by atoms with van der Waals surface area (Å²) in [4.78, 5) is 6.59. The molecule has 0 aliphatic carbocycles. The van der Waals surface area contributed by atoms with Crippen LogP contribution in [0.1, 0.15) is 6.42 Å². The van der Waals surface area contributed by atoms with Crippen molar-refractivity contribution in [1.29, 1.82) is 0 Å². The van der Waals surface area contributed by atoms with Gasteiger partial charge < -0.3 is 11.5 Å². The Labute approximate surface area is 80.2 Å². The second kappa shape index (κ2) is 4.88. The SMILES string of the molecule is CN1CN(CCCN)CN(C)C1N. The number of hydrogen-bond acceptors (Lipinski definition) is 5. The Bertz CT molecular complexity index is 139. The summed E-state index contributed by atoms with van der Waals surface area (Å²) in [5, 5.41) is 0. The maximum absolute atomic E-state index is 5.91. The van der Waals surface area contributed by atoms with Crippen LogP contribution in [0.15, 0.2) is 0 Å². The normalized spacial score (nSPS) is 24.0. The van der Waals surface area contributed by atoms with Crippen molar-refractivity contribution in [2.75, 3.05) is 40.5 Å². The molecule has 5 heteroatoms. The molecule has 1 rings (SSSR count). The second-order valence-electron chi connectivity index (χ2n) is 3.75. The van der Waals surface area contributed by atoms with Gasteiger partial charge in [0.1, 0.15) is 6.29 Å². The van der Waals surface area contributed by atoms with Crippen LogP contribution in [-0.2, 0) is 0 Å². The van der Waals surface area contributed by atoms with Gasteiger partial charge in [0.2, 0.25) is 0 Å². The Morgan fingerprint density at radius 1 is 1.23 bits per heavy atom. The fourth-order valence-corrected chi connectivity index (χ4v) is 1.64. The average molecular weight is 187 g/mol. The van der Waals surface area contributed by atoms with Gasteiger partial charge in [0, 0.05) is 6.54 Å². The third-order valence-electron chi connectivity index (χ3n) is 2.43. The minimum atomic E-state index is 0.0501. The van der Waals surface area contributed by atoms with E-state index in [1.807, 2.05) is 14.1 Å². The molecular weight excluding hydrogens is 166 g/mol. The molecular formula is C8H21N5. The van der Waals surface area contributed by atoms with Gasteiger partial charge in [0.25, 0.3) is 0 Å². The summed E-state index contributed by atoms with van der Waals surface area (Å²) in [5.41, 5.74) is 11.4. The topological polar surface area (TPSA) is 61.8 Å². The first kappa shape index (κ1) is 10.9. The predicted octanol–water partition coefficient (Wildman–Crippen LogP) is -1.33. The zero-order chi connectivity index (χ0) is 9.84. The van der Waals surface area contributed by atoms with Crippen molar-refractivity contribution in [3.8, 4) is 0 Å². The highest BCUT2D eigenvalue weighted by atomic mass is 15.5. The van der Waals surface area contributed by atoms with E-state index in [0.29, 0.717) is 0 Å². The van der Waals surface area contributed by atoms with Crippen LogP contribution in [0.5, 0.6) is 0 Å². The Hall–Kier alpha value is -0.200. The molecule has 0 spiro atoms. The Balaban J connectivity index is 2.35. The molecule has 0 aromatic rings. The highest BCUT2D eigenvalue weighted by Gasteiger charge is 2.24. The minimum Gasteiger partial charge on any atom is -0.330 e. The van der Waals surface area contributed by atoms with Crippen LogP contribution in [-0.4, -0.2) is 61.5 Å². The third kappa shape index (κ3) is 2.89. The first-order valence-electron chi connectivity index (χ1n) is 4.73. The van der Waals surface area contributed by atoms with Crippen molar-refractivity contribution in [3.05, 3.63) is 0 Å². The summed E-state index contributed by atoms with van der Waals surface area (Å²) in [5.74, 6) is 0. The fraction of sp³-hybridized carbons (Fsp3) is 1.00. The molecule has 0 saturated carbocycles. The molecule has 1 aliphatic rings. The van der Waals surface area contributed by atoms with E-state index in [9.17, 15) is 0 Å². The van der Waals surface area contributed by atoms with E-state index in [2.05, 4.69) is 14.7 Å². The highest BCUT2D eigenvalue weighted by molar-refractivity contribution is 4.69. The van der Waals surface area contributed by atoms with Gasteiger partial charge in [0.05, 0.1) is 13.3 Å². The van der Waals surface area contributed by atoms with Crippen LogP contribution in [0.25, 0.3) is 0 Å². The van der Waals surface area contributed by atoms with Crippen LogP contribution in [0, 0.1) is 0 Å². The van der Waals surface area contributed by atoms with E-state index in [4.69, 9.17) is 11.5 Å². The second-order valence-corrected chi connectivity index (χ2v) is 3.75. The van der Waals surface area contributed by atoms with Gasteiger partial charge in [-0.25, -0.2) is 0 Å². The van der Waals surface area contributed by atoms with Crippen molar-refractivity contribution in [3.63, 3.8) is 0 Å². The van der Waals surface area contributed by atoms with Crippen molar-refractivity contribution in [1.82, 2.24) is 14.7 Å². The third-order valence-corrected chi connectivity index (χ3v) is 2.43. The first-order chi connectivity index (χ1) is 6.15. The van der Waals surface area contributed by atoms with Gasteiger partial charge in [-0.15, -0.1) is 0 Å². The van der Waals surface area contributed by atoms with E-state index < -0.39 is 0 Å². The van der Waals surface area contributed by atoms with E-state index in [1.54, 1.807) is 0 Å². The lowest BCUT2D eigenvalue weighted by Crippen LogP contribution is -2.62. The maximum atomic E-state index is 5.91. The zero-order valence-electron chi connectivity index (χ0n) is 8.61. The molecule has 1 fully saturated rings. The van der Waals surface area contributed by atoms with Gasteiger partial charge in [-0.1, -0.05) is 0 Å². The molecule has 1 aliphatic heterocycles. The van der Waals surface area contributed by atoms with Crippen molar-refractivity contribution >= 4 is 0 Å². The lowest BCUT2D eigenvalue weighted by molar-refractivity contribution is -0.0552. The molecule has 4 N–H and O–H groups in total. The maximum Gasteiger partial charge on any atom is 0.116 e. The lowest BCUT2D eigenvalue weighted by Gasteiger charge is -2.43. The summed E-state index contributed by atoms with van der Waals surface area (Å²) in [6.07, 6.45) is 1.10. The van der Waals surface area contributed by atoms with E-state index in [0.717, 1.165) is 32.8 Å². The molecule has 0 bridgehead atoms. The number of nitrogens with zero attached hydrogens (tertiary/aromatic N) is 3. The molecule has 78 valence electrons. The van der Waals surface area contributed by atoms with Crippen LogP contribution < -0.4 is 11.5 Å². The highest BCUT2D eigenvalue weighted by Crippen LogP contribution is 2.07. The molecule has 0 radical (unpaired) electrons. The molecule has 0 unspecified atom stereocenters. The lowest BCUT2D eigenvalue weighted by atomic mass is 10.4. The fourth-order valence-electron chi connectivity index (χ4n) is 1.64. The van der Waals surface area contributed by atoms with Crippen LogP contribution in [0.4, 0.5) is 0 Å². The summed E-state index contributed by atoms with van der Waals surface area (Å²) < 4.78 is 0. The monoisotopic (exact) mass is 187 g/mol. The molecule has 0 aromatic carbocycles. The predicted molar refractivity (Wildman–Crippen MR) is 53.6 cm³/mol. The molecule has 1 heterocycles.